The van der Waals surface area contributed by atoms with Gasteiger partial charge in [-0.2, -0.15) is 5.10 Å². The number of phenols is 1. The Morgan fingerprint density at radius 3 is 2.77 bits per heavy atom. The van der Waals surface area contributed by atoms with E-state index < -0.39 is 0 Å². The number of nitrogens with one attached hydrogen (secondary N) is 1. The van der Waals surface area contributed by atoms with Gasteiger partial charge in [-0.25, -0.2) is 19.6 Å². The van der Waals surface area contributed by atoms with Gasteiger partial charge in [0.2, 0.25) is 5.95 Å². The minimum Gasteiger partial charge on any atom is -0.508 e. The van der Waals surface area contributed by atoms with Crippen molar-refractivity contribution in [2.75, 3.05) is 5.32 Å². The molecule has 7 nitrogen and oxygen atoms in total. The molecule has 0 unspecified atom stereocenters. The van der Waals surface area contributed by atoms with E-state index in [1.165, 1.54) is 6.33 Å². The van der Waals surface area contributed by atoms with Crippen LogP contribution in [0.4, 0.5) is 11.6 Å². The summed E-state index contributed by atoms with van der Waals surface area (Å²) in [6.45, 7) is 2.02. The number of anilines is 2. The second-order valence-electron chi connectivity index (χ2n) is 5.73. The number of rotatable bonds is 4. The number of hydrogen-bond acceptors (Lipinski definition) is 6. The third-order valence-corrected chi connectivity index (χ3v) is 4.00. The van der Waals surface area contributed by atoms with Crippen LogP contribution in [0.1, 0.15) is 5.56 Å². The van der Waals surface area contributed by atoms with Crippen molar-refractivity contribution in [1.82, 2.24) is 24.7 Å². The molecule has 2 heterocycles. The van der Waals surface area contributed by atoms with Gasteiger partial charge in [-0.1, -0.05) is 18.2 Å². The fraction of sp³-hybridized carbons (Fsp3) is 0.0526. The Hall–Kier alpha value is -3.74. The molecule has 0 amide bonds. The van der Waals surface area contributed by atoms with E-state index in [1.54, 1.807) is 35.4 Å². The molecule has 2 N–H and O–H groups in total. The van der Waals surface area contributed by atoms with E-state index in [0.29, 0.717) is 5.95 Å². The molecule has 0 atom stereocenters. The second-order valence-corrected chi connectivity index (χ2v) is 5.73. The predicted molar refractivity (Wildman–Crippen MR) is 98.5 cm³/mol. The number of hydrogen-bond donors (Lipinski definition) is 2. The average Bonchev–Trinajstić information content (AvgIpc) is 3.17. The monoisotopic (exact) mass is 344 g/mol. The minimum atomic E-state index is 0.183. The lowest BCUT2D eigenvalue weighted by molar-refractivity contribution is 0.475. The SMILES string of the molecule is Cc1c(-c2ccnc(Nc3cccc(O)c3)n2)cccc1-n1cncn1. The molecule has 0 aliphatic rings. The van der Waals surface area contributed by atoms with Crippen molar-refractivity contribution < 1.29 is 5.11 Å². The molecule has 4 aromatic rings. The summed E-state index contributed by atoms with van der Waals surface area (Å²) in [4.78, 5) is 12.9. The molecular formula is C19H16N6O. The molecule has 0 aliphatic heterocycles. The summed E-state index contributed by atoms with van der Waals surface area (Å²) in [6.07, 6.45) is 4.88. The highest BCUT2D eigenvalue weighted by molar-refractivity contribution is 5.69. The van der Waals surface area contributed by atoms with Crippen molar-refractivity contribution in [2.45, 2.75) is 6.92 Å². The van der Waals surface area contributed by atoms with Crippen LogP contribution in [0.25, 0.3) is 16.9 Å². The first-order chi connectivity index (χ1) is 12.7. The molecule has 128 valence electrons. The fourth-order valence-corrected chi connectivity index (χ4v) is 2.76. The molecule has 0 saturated heterocycles. The molecule has 0 radical (unpaired) electrons. The van der Waals surface area contributed by atoms with Crippen LogP contribution < -0.4 is 5.32 Å². The lowest BCUT2D eigenvalue weighted by Crippen LogP contribution is -2.01. The van der Waals surface area contributed by atoms with Crippen LogP contribution >= 0.6 is 0 Å². The normalized spacial score (nSPS) is 10.7. The lowest BCUT2D eigenvalue weighted by Gasteiger charge is -2.12. The topological polar surface area (TPSA) is 88.8 Å². The second kappa shape index (κ2) is 6.64. The zero-order valence-electron chi connectivity index (χ0n) is 14.0. The van der Waals surface area contributed by atoms with E-state index in [4.69, 9.17) is 0 Å². The molecule has 2 aromatic carbocycles. The highest BCUT2D eigenvalue weighted by Crippen LogP contribution is 2.27. The third-order valence-electron chi connectivity index (χ3n) is 4.00. The maximum Gasteiger partial charge on any atom is 0.227 e. The highest BCUT2D eigenvalue weighted by Gasteiger charge is 2.10. The number of phenolic OH excluding ortho intramolecular Hbond substituents is 1. The molecule has 0 bridgehead atoms. The zero-order valence-corrected chi connectivity index (χ0v) is 14.0. The van der Waals surface area contributed by atoms with Crippen LogP contribution in [-0.2, 0) is 0 Å². The molecule has 4 rings (SSSR count). The molecule has 7 heteroatoms. The highest BCUT2D eigenvalue weighted by atomic mass is 16.3. The van der Waals surface area contributed by atoms with Crippen LogP contribution in [-0.4, -0.2) is 29.8 Å². The van der Waals surface area contributed by atoms with E-state index in [0.717, 1.165) is 28.2 Å². The third kappa shape index (κ3) is 3.10. The quantitative estimate of drug-likeness (QED) is 0.589. The van der Waals surface area contributed by atoms with Crippen LogP contribution in [0, 0.1) is 6.92 Å². The van der Waals surface area contributed by atoms with Gasteiger partial charge in [0.1, 0.15) is 18.4 Å². The molecule has 0 saturated carbocycles. The van der Waals surface area contributed by atoms with E-state index in [-0.39, 0.29) is 5.75 Å². The average molecular weight is 344 g/mol. The maximum absolute atomic E-state index is 9.59. The van der Waals surface area contributed by atoms with Crippen molar-refractivity contribution >= 4 is 11.6 Å². The minimum absolute atomic E-state index is 0.183. The summed E-state index contributed by atoms with van der Waals surface area (Å²) in [5.41, 5.74) is 4.48. The van der Waals surface area contributed by atoms with Gasteiger partial charge in [0.15, 0.2) is 0 Å². The van der Waals surface area contributed by atoms with Gasteiger partial charge in [0, 0.05) is 23.5 Å². The van der Waals surface area contributed by atoms with Crippen molar-refractivity contribution in [2.24, 2.45) is 0 Å². The standard InChI is InChI=1S/C19H16N6O/c1-13-16(6-3-7-18(13)25-12-20-11-22-25)17-8-9-21-19(24-17)23-14-4-2-5-15(26)10-14/h2-12,26H,1H3,(H,21,23,24). The summed E-state index contributed by atoms with van der Waals surface area (Å²) in [7, 11) is 0. The number of aromatic nitrogens is 5. The summed E-state index contributed by atoms with van der Waals surface area (Å²) < 4.78 is 1.73. The molecular weight excluding hydrogens is 328 g/mol. The van der Waals surface area contributed by atoms with E-state index in [1.807, 2.05) is 37.3 Å². The number of aromatic hydroxyl groups is 1. The Morgan fingerprint density at radius 1 is 1.08 bits per heavy atom. The van der Waals surface area contributed by atoms with Gasteiger partial charge >= 0.3 is 0 Å². The van der Waals surface area contributed by atoms with Gasteiger partial charge in [-0.3, -0.25) is 0 Å². The first-order valence-corrected chi connectivity index (χ1v) is 8.05. The number of nitrogens with zero attached hydrogens (tertiary/aromatic N) is 5. The Kier molecular flexibility index (Phi) is 4.03. The smallest absolute Gasteiger partial charge is 0.227 e. The Balaban J connectivity index is 1.70. The first-order valence-electron chi connectivity index (χ1n) is 8.05. The summed E-state index contributed by atoms with van der Waals surface area (Å²) in [5.74, 6) is 0.640. The fourth-order valence-electron chi connectivity index (χ4n) is 2.76. The summed E-state index contributed by atoms with van der Waals surface area (Å²) in [5, 5.41) is 16.9. The Labute approximate surface area is 150 Å². The largest absolute Gasteiger partial charge is 0.508 e. The van der Waals surface area contributed by atoms with E-state index in [9.17, 15) is 5.11 Å². The molecule has 2 aromatic heterocycles. The summed E-state index contributed by atoms with van der Waals surface area (Å²) >= 11 is 0. The Bertz CT molecular complexity index is 1050. The predicted octanol–water partition coefficient (Wildman–Crippen LogP) is 3.48. The molecule has 0 spiro atoms. The molecule has 26 heavy (non-hydrogen) atoms. The van der Waals surface area contributed by atoms with Crippen molar-refractivity contribution in [1.29, 1.82) is 0 Å². The molecule has 0 aliphatic carbocycles. The first kappa shape index (κ1) is 15.8. The van der Waals surface area contributed by atoms with Crippen LogP contribution in [0.15, 0.2) is 67.4 Å². The van der Waals surface area contributed by atoms with Gasteiger partial charge in [-0.05, 0) is 36.8 Å². The van der Waals surface area contributed by atoms with Gasteiger partial charge < -0.3 is 10.4 Å². The summed E-state index contributed by atoms with van der Waals surface area (Å²) in [6, 6.07) is 14.6. The maximum atomic E-state index is 9.59. The lowest BCUT2D eigenvalue weighted by atomic mass is 10.0. The number of benzene rings is 2. The van der Waals surface area contributed by atoms with Crippen LogP contribution in [0.3, 0.4) is 0 Å². The van der Waals surface area contributed by atoms with Crippen molar-refractivity contribution in [3.05, 3.63) is 72.9 Å². The van der Waals surface area contributed by atoms with Crippen LogP contribution in [0.2, 0.25) is 0 Å². The van der Waals surface area contributed by atoms with Crippen LogP contribution in [0.5, 0.6) is 5.75 Å². The van der Waals surface area contributed by atoms with Gasteiger partial charge in [-0.15, -0.1) is 0 Å². The van der Waals surface area contributed by atoms with Gasteiger partial charge in [0.25, 0.3) is 0 Å². The zero-order chi connectivity index (χ0) is 17.9. The van der Waals surface area contributed by atoms with Crippen molar-refractivity contribution in [3.8, 4) is 22.7 Å². The molecule has 0 fully saturated rings. The Morgan fingerprint density at radius 2 is 1.96 bits per heavy atom. The van der Waals surface area contributed by atoms with Gasteiger partial charge in [0.05, 0.1) is 11.4 Å². The van der Waals surface area contributed by atoms with E-state index in [2.05, 4.69) is 25.4 Å². The van der Waals surface area contributed by atoms with Crippen molar-refractivity contribution in [3.63, 3.8) is 0 Å². The van der Waals surface area contributed by atoms with E-state index >= 15 is 0 Å².